The van der Waals surface area contributed by atoms with Gasteiger partial charge in [-0.25, -0.2) is 4.39 Å². The number of hydrogen-bond acceptors (Lipinski definition) is 2. The van der Waals surface area contributed by atoms with Gasteiger partial charge in [-0.1, -0.05) is 12.1 Å². The van der Waals surface area contributed by atoms with E-state index in [1.165, 1.54) is 12.1 Å². The molecule has 4 nitrogen and oxygen atoms in total. The molecule has 1 aliphatic rings. The second kappa shape index (κ2) is 6.03. The number of carboxylic acid groups (broad SMARTS) is 1. The Morgan fingerprint density at radius 1 is 1.25 bits per heavy atom. The average molecular weight is 279 g/mol. The van der Waals surface area contributed by atoms with Crippen molar-refractivity contribution in [2.75, 3.05) is 0 Å². The van der Waals surface area contributed by atoms with Crippen LogP contribution in [0, 0.1) is 5.82 Å². The number of hydrogen-bond donors (Lipinski definition) is 2. The van der Waals surface area contributed by atoms with Crippen LogP contribution in [0.5, 0.6) is 0 Å². The van der Waals surface area contributed by atoms with Gasteiger partial charge in [-0.2, -0.15) is 0 Å². The lowest BCUT2D eigenvalue weighted by molar-refractivity contribution is -0.140. The minimum Gasteiger partial charge on any atom is -0.481 e. The molecule has 1 saturated carbocycles. The Bertz CT molecular complexity index is 494. The van der Waals surface area contributed by atoms with Crippen LogP contribution in [0.3, 0.4) is 0 Å². The Labute approximate surface area is 117 Å². The van der Waals surface area contributed by atoms with Crippen LogP contribution in [-0.4, -0.2) is 22.5 Å². The van der Waals surface area contributed by atoms with Gasteiger partial charge in [0.15, 0.2) is 0 Å². The molecule has 0 aromatic heterocycles. The third-order valence-corrected chi connectivity index (χ3v) is 3.76. The smallest absolute Gasteiger partial charge is 0.305 e. The number of benzene rings is 1. The Balaban J connectivity index is 1.83. The summed E-state index contributed by atoms with van der Waals surface area (Å²) in [5.74, 6) is -1.33. The Morgan fingerprint density at radius 2 is 1.90 bits per heavy atom. The first kappa shape index (κ1) is 14.5. The molecule has 108 valence electrons. The Morgan fingerprint density at radius 3 is 2.40 bits per heavy atom. The van der Waals surface area contributed by atoms with E-state index in [1.54, 1.807) is 12.1 Å². The largest absolute Gasteiger partial charge is 0.481 e. The van der Waals surface area contributed by atoms with Crippen LogP contribution >= 0.6 is 0 Å². The van der Waals surface area contributed by atoms with Crippen LogP contribution in [0.1, 0.15) is 37.7 Å². The number of aryl methyl sites for hydroxylation is 1. The van der Waals surface area contributed by atoms with Crippen molar-refractivity contribution < 1.29 is 19.1 Å². The highest BCUT2D eigenvalue weighted by Gasteiger charge is 2.40. The molecule has 0 unspecified atom stereocenters. The van der Waals surface area contributed by atoms with E-state index < -0.39 is 11.5 Å². The quantitative estimate of drug-likeness (QED) is 0.839. The van der Waals surface area contributed by atoms with Gasteiger partial charge in [-0.05, 0) is 43.4 Å². The van der Waals surface area contributed by atoms with Crippen molar-refractivity contribution in [3.63, 3.8) is 0 Å². The van der Waals surface area contributed by atoms with Crippen molar-refractivity contribution in [3.05, 3.63) is 35.6 Å². The molecule has 1 aromatic carbocycles. The van der Waals surface area contributed by atoms with Crippen LogP contribution in [0.25, 0.3) is 0 Å². The second-order valence-electron chi connectivity index (χ2n) is 5.38. The predicted octanol–water partition coefficient (Wildman–Crippen LogP) is 2.27. The number of amides is 1. The monoisotopic (exact) mass is 279 g/mol. The number of carbonyl (C=O) groups is 2. The van der Waals surface area contributed by atoms with Gasteiger partial charge in [0.2, 0.25) is 5.91 Å². The Kier molecular flexibility index (Phi) is 4.37. The van der Waals surface area contributed by atoms with E-state index in [9.17, 15) is 14.0 Å². The molecule has 2 N–H and O–H groups in total. The molecule has 0 bridgehead atoms. The van der Waals surface area contributed by atoms with Gasteiger partial charge in [0.1, 0.15) is 5.82 Å². The molecule has 2 rings (SSSR count). The van der Waals surface area contributed by atoms with Crippen LogP contribution in [0.2, 0.25) is 0 Å². The van der Waals surface area contributed by atoms with E-state index in [-0.39, 0.29) is 24.6 Å². The maximum absolute atomic E-state index is 12.7. The molecule has 0 saturated heterocycles. The topological polar surface area (TPSA) is 66.4 Å². The van der Waals surface area contributed by atoms with Gasteiger partial charge in [0.05, 0.1) is 12.0 Å². The summed E-state index contributed by atoms with van der Waals surface area (Å²) < 4.78 is 12.7. The molecule has 1 amide bonds. The van der Waals surface area contributed by atoms with Gasteiger partial charge >= 0.3 is 5.97 Å². The van der Waals surface area contributed by atoms with E-state index in [1.807, 2.05) is 0 Å². The highest BCUT2D eigenvalue weighted by molar-refractivity contribution is 5.78. The van der Waals surface area contributed by atoms with E-state index in [0.717, 1.165) is 24.8 Å². The standard InChI is InChI=1S/C15H18FNO3/c16-12-5-2-11(3-6-12)4-7-13(18)17-15(8-1-9-15)10-14(19)20/h2-3,5-6H,1,4,7-10H2,(H,17,18)(H,19,20). The molecule has 0 spiro atoms. The summed E-state index contributed by atoms with van der Waals surface area (Å²) >= 11 is 0. The molecular weight excluding hydrogens is 261 g/mol. The zero-order chi connectivity index (χ0) is 14.6. The average Bonchev–Trinajstić information content (AvgIpc) is 2.35. The zero-order valence-corrected chi connectivity index (χ0v) is 11.2. The van der Waals surface area contributed by atoms with Crippen molar-refractivity contribution in [1.29, 1.82) is 0 Å². The zero-order valence-electron chi connectivity index (χ0n) is 11.2. The van der Waals surface area contributed by atoms with Crippen molar-refractivity contribution >= 4 is 11.9 Å². The van der Waals surface area contributed by atoms with E-state index in [4.69, 9.17) is 5.11 Å². The van der Waals surface area contributed by atoms with Gasteiger partial charge in [-0.15, -0.1) is 0 Å². The summed E-state index contributed by atoms with van der Waals surface area (Å²) in [7, 11) is 0. The maximum Gasteiger partial charge on any atom is 0.305 e. The van der Waals surface area contributed by atoms with E-state index in [0.29, 0.717) is 6.42 Å². The van der Waals surface area contributed by atoms with Crippen LogP contribution in [-0.2, 0) is 16.0 Å². The minimum atomic E-state index is -0.886. The van der Waals surface area contributed by atoms with Crippen molar-refractivity contribution in [3.8, 4) is 0 Å². The molecule has 20 heavy (non-hydrogen) atoms. The lowest BCUT2D eigenvalue weighted by Crippen LogP contribution is -2.54. The van der Waals surface area contributed by atoms with Gasteiger partial charge in [0, 0.05) is 6.42 Å². The fraction of sp³-hybridized carbons (Fsp3) is 0.467. The predicted molar refractivity (Wildman–Crippen MR) is 71.7 cm³/mol. The molecule has 0 atom stereocenters. The molecule has 0 heterocycles. The summed E-state index contributed by atoms with van der Waals surface area (Å²) in [5.41, 5.74) is 0.341. The van der Waals surface area contributed by atoms with Crippen LogP contribution in [0.4, 0.5) is 4.39 Å². The van der Waals surface area contributed by atoms with Crippen molar-refractivity contribution in [2.45, 2.75) is 44.1 Å². The van der Waals surface area contributed by atoms with Gasteiger partial charge < -0.3 is 10.4 Å². The fourth-order valence-electron chi connectivity index (χ4n) is 2.51. The summed E-state index contributed by atoms with van der Waals surface area (Å²) in [4.78, 5) is 22.7. The fourth-order valence-corrected chi connectivity index (χ4v) is 2.51. The van der Waals surface area contributed by atoms with E-state index in [2.05, 4.69) is 5.32 Å². The van der Waals surface area contributed by atoms with Crippen LogP contribution < -0.4 is 5.32 Å². The van der Waals surface area contributed by atoms with Gasteiger partial charge in [-0.3, -0.25) is 9.59 Å². The maximum atomic E-state index is 12.7. The molecule has 1 aliphatic carbocycles. The van der Waals surface area contributed by atoms with Crippen LogP contribution in [0.15, 0.2) is 24.3 Å². The number of carboxylic acids is 1. The SMILES string of the molecule is O=C(O)CC1(NC(=O)CCc2ccc(F)cc2)CCC1. The molecular formula is C15H18FNO3. The normalized spacial score (nSPS) is 16.2. The first-order valence-corrected chi connectivity index (χ1v) is 6.76. The first-order chi connectivity index (χ1) is 9.49. The number of rotatable bonds is 6. The van der Waals surface area contributed by atoms with Crippen molar-refractivity contribution in [1.82, 2.24) is 5.32 Å². The summed E-state index contributed by atoms with van der Waals surface area (Å²) in [5, 5.41) is 11.7. The molecule has 5 heteroatoms. The molecule has 1 aromatic rings. The lowest BCUT2D eigenvalue weighted by atomic mass is 9.74. The number of nitrogens with one attached hydrogen (secondary N) is 1. The lowest BCUT2D eigenvalue weighted by Gasteiger charge is -2.41. The van der Waals surface area contributed by atoms with Crippen molar-refractivity contribution in [2.24, 2.45) is 0 Å². The second-order valence-corrected chi connectivity index (χ2v) is 5.38. The highest BCUT2D eigenvalue weighted by Crippen LogP contribution is 2.35. The number of halogens is 1. The molecule has 1 fully saturated rings. The first-order valence-electron chi connectivity index (χ1n) is 6.76. The molecule has 0 aliphatic heterocycles. The summed E-state index contributed by atoms with van der Waals surface area (Å²) in [6.07, 6.45) is 3.19. The summed E-state index contributed by atoms with van der Waals surface area (Å²) in [6, 6.07) is 6.04. The highest BCUT2D eigenvalue weighted by atomic mass is 19.1. The number of carbonyl (C=O) groups excluding carboxylic acids is 1. The molecule has 0 radical (unpaired) electrons. The number of aliphatic carboxylic acids is 1. The summed E-state index contributed by atoms with van der Waals surface area (Å²) in [6.45, 7) is 0. The third-order valence-electron chi connectivity index (χ3n) is 3.76. The van der Waals surface area contributed by atoms with Gasteiger partial charge in [0.25, 0.3) is 0 Å². The van der Waals surface area contributed by atoms with E-state index >= 15 is 0 Å². The minimum absolute atomic E-state index is 0.0186. The third kappa shape index (κ3) is 3.79. The Hall–Kier alpha value is -1.91.